The summed E-state index contributed by atoms with van der Waals surface area (Å²) in [5, 5.41) is 15.0. The van der Waals surface area contributed by atoms with Gasteiger partial charge in [0.2, 0.25) is 5.88 Å². The number of rotatable bonds is 10. The predicted molar refractivity (Wildman–Crippen MR) is 121 cm³/mol. The molecule has 0 saturated heterocycles. The average Bonchev–Trinajstić information content (AvgIpc) is 3.58. The topological polar surface area (TPSA) is 59.8 Å². The number of aromatic nitrogens is 2. The Labute approximate surface area is 184 Å². The number of aliphatic hydroxyl groups excluding tert-OH is 1. The van der Waals surface area contributed by atoms with Crippen molar-refractivity contribution in [2.24, 2.45) is 0 Å². The van der Waals surface area contributed by atoms with E-state index in [9.17, 15) is 5.11 Å². The zero-order valence-corrected chi connectivity index (χ0v) is 18.5. The molecule has 3 aromatic rings. The molecule has 1 unspecified atom stereocenters. The molecule has 1 aromatic heterocycles. The van der Waals surface area contributed by atoms with Gasteiger partial charge in [-0.1, -0.05) is 31.2 Å². The highest BCUT2D eigenvalue weighted by molar-refractivity contribution is 5.44. The normalized spacial score (nSPS) is 14.6. The maximum atomic E-state index is 10.0. The van der Waals surface area contributed by atoms with Gasteiger partial charge < -0.3 is 14.6 Å². The van der Waals surface area contributed by atoms with Crippen molar-refractivity contribution in [2.45, 2.75) is 51.8 Å². The first kappa shape index (κ1) is 21.4. The first-order valence-electron chi connectivity index (χ1n) is 11.0. The van der Waals surface area contributed by atoms with Crippen LogP contribution in [0.15, 0.2) is 54.6 Å². The molecule has 0 spiro atoms. The smallest absolute Gasteiger partial charge is 0.227 e. The summed E-state index contributed by atoms with van der Waals surface area (Å²) in [7, 11) is 1.65. The second-order valence-electron chi connectivity index (χ2n) is 8.12. The van der Waals surface area contributed by atoms with Gasteiger partial charge in [-0.2, -0.15) is 5.10 Å². The molecule has 1 heterocycles. The summed E-state index contributed by atoms with van der Waals surface area (Å²) < 4.78 is 13.7. The van der Waals surface area contributed by atoms with Gasteiger partial charge in [-0.15, -0.1) is 0 Å². The van der Waals surface area contributed by atoms with Crippen molar-refractivity contribution < 1.29 is 14.6 Å². The van der Waals surface area contributed by atoms with E-state index in [0.717, 1.165) is 29.1 Å². The van der Waals surface area contributed by atoms with Crippen molar-refractivity contribution in [3.63, 3.8) is 0 Å². The van der Waals surface area contributed by atoms with E-state index in [4.69, 9.17) is 14.6 Å². The molecule has 6 nitrogen and oxygen atoms in total. The van der Waals surface area contributed by atoms with Crippen LogP contribution in [0.4, 0.5) is 0 Å². The number of para-hydroxylation sites is 1. The van der Waals surface area contributed by atoms with E-state index in [1.165, 1.54) is 12.8 Å². The predicted octanol–water partition coefficient (Wildman–Crippen LogP) is 4.58. The first-order valence-corrected chi connectivity index (χ1v) is 11.0. The Morgan fingerprint density at radius 1 is 1.13 bits per heavy atom. The largest absolute Gasteiger partial charge is 0.497 e. The van der Waals surface area contributed by atoms with E-state index >= 15 is 0 Å². The molecule has 31 heavy (non-hydrogen) atoms. The van der Waals surface area contributed by atoms with Crippen molar-refractivity contribution in [3.8, 4) is 23.1 Å². The van der Waals surface area contributed by atoms with E-state index in [1.54, 1.807) is 7.11 Å². The quantitative estimate of drug-likeness (QED) is 0.519. The van der Waals surface area contributed by atoms with Crippen LogP contribution < -0.4 is 9.47 Å². The summed E-state index contributed by atoms with van der Waals surface area (Å²) in [4.78, 5) is 2.36. The molecule has 6 heteroatoms. The van der Waals surface area contributed by atoms with Crippen molar-refractivity contribution in [2.75, 3.05) is 13.7 Å². The summed E-state index contributed by atoms with van der Waals surface area (Å²) in [6.07, 6.45) is 2.77. The fraction of sp³-hybridized carbons (Fsp3) is 0.400. The minimum absolute atomic E-state index is 0.377. The highest BCUT2D eigenvalue weighted by Gasteiger charge is 2.32. The average molecular weight is 422 g/mol. The molecule has 0 amide bonds. The van der Waals surface area contributed by atoms with Crippen molar-refractivity contribution in [1.82, 2.24) is 14.7 Å². The monoisotopic (exact) mass is 421 g/mol. The number of hydrogen-bond acceptors (Lipinski definition) is 5. The van der Waals surface area contributed by atoms with Gasteiger partial charge in [0.25, 0.3) is 0 Å². The third-order valence-electron chi connectivity index (χ3n) is 5.53. The van der Waals surface area contributed by atoms with Gasteiger partial charge in [0.15, 0.2) is 0 Å². The molecule has 1 saturated carbocycles. The van der Waals surface area contributed by atoms with Crippen LogP contribution in [-0.2, 0) is 13.0 Å². The zero-order chi connectivity index (χ0) is 21.8. The lowest BCUT2D eigenvalue weighted by Gasteiger charge is -2.24. The summed E-state index contributed by atoms with van der Waals surface area (Å²) in [5.41, 5.74) is 3.04. The SMILES string of the molecule is CCc1nn(-c2ccccc2)c(Oc2cccc(OC)c2)c1CN(CC(C)O)C1CC1. The molecular weight excluding hydrogens is 390 g/mol. The van der Waals surface area contributed by atoms with Gasteiger partial charge in [-0.25, -0.2) is 4.68 Å². The lowest BCUT2D eigenvalue weighted by molar-refractivity contribution is 0.117. The van der Waals surface area contributed by atoms with Crippen molar-refractivity contribution in [3.05, 3.63) is 65.9 Å². The van der Waals surface area contributed by atoms with Crippen molar-refractivity contribution >= 4 is 0 Å². The van der Waals surface area contributed by atoms with Crippen LogP contribution in [0.5, 0.6) is 17.4 Å². The second-order valence-corrected chi connectivity index (χ2v) is 8.12. The Balaban J connectivity index is 1.77. The number of methoxy groups -OCH3 is 1. The Morgan fingerprint density at radius 3 is 2.52 bits per heavy atom. The number of aliphatic hydroxyl groups is 1. The maximum Gasteiger partial charge on any atom is 0.227 e. The Bertz CT molecular complexity index is 997. The number of aryl methyl sites for hydroxylation is 1. The van der Waals surface area contributed by atoms with Crippen LogP contribution in [0.3, 0.4) is 0 Å². The summed E-state index contributed by atoms with van der Waals surface area (Å²) in [6.45, 7) is 5.30. The Kier molecular flexibility index (Phi) is 6.59. The molecule has 2 aromatic carbocycles. The third kappa shape index (κ3) is 5.09. The summed E-state index contributed by atoms with van der Waals surface area (Å²) in [6, 6.07) is 18.2. The van der Waals surface area contributed by atoms with Crippen LogP contribution in [0.1, 0.15) is 37.9 Å². The lowest BCUT2D eigenvalue weighted by Crippen LogP contribution is -2.32. The first-order chi connectivity index (χ1) is 15.1. The highest BCUT2D eigenvalue weighted by Crippen LogP contribution is 2.36. The Hall–Kier alpha value is -2.83. The molecule has 164 valence electrons. The van der Waals surface area contributed by atoms with Gasteiger partial charge in [0, 0.05) is 25.2 Å². The summed E-state index contributed by atoms with van der Waals surface area (Å²) in [5.74, 6) is 2.16. The second kappa shape index (κ2) is 9.54. The maximum absolute atomic E-state index is 10.0. The standard InChI is InChI=1S/C25H31N3O3/c1-4-24-23(17-27(16-18(2)29)19-13-14-19)25(28(26-24)20-9-6-5-7-10-20)31-22-12-8-11-21(15-22)30-3/h5-12,15,18-19,29H,4,13-14,16-17H2,1-3H3. The van der Waals surface area contributed by atoms with E-state index in [-0.39, 0.29) is 6.10 Å². The minimum atomic E-state index is -0.377. The highest BCUT2D eigenvalue weighted by atomic mass is 16.5. The molecule has 0 aliphatic heterocycles. The molecule has 1 aliphatic rings. The fourth-order valence-electron chi connectivity index (χ4n) is 3.87. The van der Waals surface area contributed by atoms with Crippen LogP contribution in [-0.4, -0.2) is 45.6 Å². The molecule has 1 N–H and O–H groups in total. The van der Waals surface area contributed by atoms with Crippen LogP contribution >= 0.6 is 0 Å². The summed E-state index contributed by atoms with van der Waals surface area (Å²) >= 11 is 0. The zero-order valence-electron chi connectivity index (χ0n) is 18.5. The molecule has 1 atom stereocenters. The van der Waals surface area contributed by atoms with Gasteiger partial charge in [-0.05, 0) is 50.5 Å². The number of ether oxygens (including phenoxy) is 2. The third-order valence-corrected chi connectivity index (χ3v) is 5.53. The Morgan fingerprint density at radius 2 is 1.87 bits per heavy atom. The number of hydrogen-bond donors (Lipinski definition) is 1. The van der Waals surface area contributed by atoms with E-state index in [1.807, 2.05) is 66.2 Å². The van der Waals surface area contributed by atoms with Crippen molar-refractivity contribution in [1.29, 1.82) is 0 Å². The number of nitrogens with zero attached hydrogens (tertiary/aromatic N) is 3. The molecule has 0 radical (unpaired) electrons. The molecule has 1 aliphatic carbocycles. The van der Waals surface area contributed by atoms with Crippen LogP contribution in [0.25, 0.3) is 5.69 Å². The van der Waals surface area contributed by atoms with Gasteiger partial charge in [-0.3, -0.25) is 4.90 Å². The van der Waals surface area contributed by atoms with Gasteiger partial charge >= 0.3 is 0 Å². The lowest BCUT2D eigenvalue weighted by atomic mass is 10.1. The molecule has 4 rings (SSSR count). The van der Waals surface area contributed by atoms with E-state index in [0.29, 0.717) is 30.8 Å². The van der Waals surface area contributed by atoms with Gasteiger partial charge in [0.1, 0.15) is 11.5 Å². The number of benzene rings is 2. The van der Waals surface area contributed by atoms with E-state index < -0.39 is 0 Å². The molecular formula is C25H31N3O3. The van der Waals surface area contributed by atoms with Gasteiger partial charge in [0.05, 0.1) is 30.2 Å². The van der Waals surface area contributed by atoms with Crippen LogP contribution in [0.2, 0.25) is 0 Å². The fourth-order valence-corrected chi connectivity index (χ4v) is 3.87. The molecule has 1 fully saturated rings. The molecule has 0 bridgehead atoms. The minimum Gasteiger partial charge on any atom is -0.497 e. The van der Waals surface area contributed by atoms with E-state index in [2.05, 4.69) is 11.8 Å². The van der Waals surface area contributed by atoms with Crippen LogP contribution in [0, 0.1) is 0 Å².